The third-order valence-electron chi connectivity index (χ3n) is 3.55. The zero-order chi connectivity index (χ0) is 12.9. The molecule has 17 heavy (non-hydrogen) atoms. The highest BCUT2D eigenvalue weighted by Gasteiger charge is 2.30. The third kappa shape index (κ3) is 4.50. The van der Waals surface area contributed by atoms with Gasteiger partial charge in [0.2, 0.25) is 0 Å². The number of methoxy groups -OCH3 is 1. The number of rotatable bonds is 5. The van der Waals surface area contributed by atoms with Gasteiger partial charge in [0.1, 0.15) is 0 Å². The Hall–Kier alpha value is -0.830. The molecule has 1 N–H and O–H groups in total. The Morgan fingerprint density at radius 2 is 2.24 bits per heavy atom. The van der Waals surface area contributed by atoms with Crippen LogP contribution < -0.4 is 5.32 Å². The lowest BCUT2D eigenvalue weighted by molar-refractivity contribution is -0.136. The molecule has 3 nitrogen and oxygen atoms in total. The molecule has 0 bridgehead atoms. The first kappa shape index (κ1) is 14.2. The lowest BCUT2D eigenvalue weighted by Gasteiger charge is -2.17. The smallest absolute Gasteiger partial charge is 0.333 e. The number of carbonyl (C=O) groups excluding carboxylic acids is 1. The van der Waals surface area contributed by atoms with Crippen molar-refractivity contribution >= 4 is 5.97 Å². The van der Waals surface area contributed by atoms with Crippen molar-refractivity contribution in [2.24, 2.45) is 5.41 Å². The molecule has 0 heterocycles. The van der Waals surface area contributed by atoms with Crippen LogP contribution in [0.15, 0.2) is 11.6 Å². The van der Waals surface area contributed by atoms with Crippen LogP contribution in [0.5, 0.6) is 0 Å². The number of nitrogens with one attached hydrogen (secondary N) is 1. The summed E-state index contributed by atoms with van der Waals surface area (Å²) in [5.74, 6) is -0.207. The third-order valence-corrected chi connectivity index (χ3v) is 3.55. The fourth-order valence-corrected chi connectivity index (χ4v) is 2.46. The number of ether oxygens (including phenoxy) is 1. The van der Waals surface area contributed by atoms with E-state index in [-0.39, 0.29) is 5.97 Å². The minimum absolute atomic E-state index is 0.207. The van der Waals surface area contributed by atoms with Gasteiger partial charge >= 0.3 is 5.97 Å². The average molecular weight is 239 g/mol. The van der Waals surface area contributed by atoms with Gasteiger partial charge in [-0.15, -0.1) is 0 Å². The number of hydrogen-bond donors (Lipinski definition) is 1. The minimum Gasteiger partial charge on any atom is -0.466 e. The van der Waals surface area contributed by atoms with Gasteiger partial charge in [0.15, 0.2) is 0 Å². The van der Waals surface area contributed by atoms with Gasteiger partial charge in [-0.2, -0.15) is 0 Å². The second kappa shape index (κ2) is 6.20. The molecule has 1 saturated carbocycles. The van der Waals surface area contributed by atoms with Crippen LogP contribution in [0.25, 0.3) is 0 Å². The number of carbonyl (C=O) groups is 1. The van der Waals surface area contributed by atoms with E-state index in [0.717, 1.165) is 18.5 Å². The van der Waals surface area contributed by atoms with E-state index in [9.17, 15) is 4.79 Å². The van der Waals surface area contributed by atoms with Crippen molar-refractivity contribution in [3.8, 4) is 0 Å². The zero-order valence-corrected chi connectivity index (χ0v) is 11.5. The first-order chi connectivity index (χ1) is 7.98. The minimum atomic E-state index is -0.207. The van der Waals surface area contributed by atoms with Crippen molar-refractivity contribution in [3.05, 3.63) is 11.6 Å². The van der Waals surface area contributed by atoms with Gasteiger partial charge in [-0.25, -0.2) is 4.79 Å². The Morgan fingerprint density at radius 3 is 2.71 bits per heavy atom. The Labute approximate surface area is 105 Å². The monoisotopic (exact) mass is 239 g/mol. The lowest BCUT2D eigenvalue weighted by atomic mass is 9.92. The van der Waals surface area contributed by atoms with Gasteiger partial charge in [0.05, 0.1) is 7.11 Å². The first-order valence-electron chi connectivity index (χ1n) is 6.49. The van der Waals surface area contributed by atoms with Crippen molar-refractivity contribution in [3.63, 3.8) is 0 Å². The van der Waals surface area contributed by atoms with E-state index in [1.165, 1.54) is 26.4 Å². The maximum absolute atomic E-state index is 11.4. The molecule has 0 spiro atoms. The molecule has 0 aromatic carbocycles. The summed E-state index contributed by atoms with van der Waals surface area (Å²) in [6.45, 7) is 7.37. The molecule has 1 aliphatic carbocycles. The molecule has 0 aromatic heterocycles. The maximum Gasteiger partial charge on any atom is 0.333 e. The number of esters is 1. The molecule has 1 rings (SSSR count). The largest absolute Gasteiger partial charge is 0.466 e. The van der Waals surface area contributed by atoms with Crippen LogP contribution >= 0.6 is 0 Å². The normalized spacial score (nSPS) is 23.8. The average Bonchev–Trinajstić information content (AvgIpc) is 2.63. The summed E-state index contributed by atoms with van der Waals surface area (Å²) >= 11 is 0. The summed E-state index contributed by atoms with van der Waals surface area (Å²) in [5.41, 5.74) is 1.23. The van der Waals surface area contributed by atoms with E-state index in [0.29, 0.717) is 11.5 Å². The predicted molar refractivity (Wildman–Crippen MR) is 69.8 cm³/mol. The molecular formula is C14H25NO2. The van der Waals surface area contributed by atoms with Crippen LogP contribution in [0.1, 0.15) is 46.5 Å². The van der Waals surface area contributed by atoms with Crippen LogP contribution in [0, 0.1) is 5.41 Å². The topological polar surface area (TPSA) is 38.3 Å². The lowest BCUT2D eigenvalue weighted by Crippen LogP contribution is -2.27. The van der Waals surface area contributed by atoms with Gasteiger partial charge in [-0.3, -0.25) is 0 Å². The first-order valence-corrected chi connectivity index (χ1v) is 6.49. The molecule has 0 radical (unpaired) electrons. The van der Waals surface area contributed by atoms with Gasteiger partial charge in [0.25, 0.3) is 0 Å². The van der Waals surface area contributed by atoms with E-state index in [2.05, 4.69) is 19.2 Å². The molecule has 1 atom stereocenters. The highest BCUT2D eigenvalue weighted by atomic mass is 16.5. The summed E-state index contributed by atoms with van der Waals surface area (Å²) in [5, 5.41) is 3.50. The van der Waals surface area contributed by atoms with E-state index in [4.69, 9.17) is 4.74 Å². The van der Waals surface area contributed by atoms with E-state index in [1.54, 1.807) is 0 Å². The molecule has 3 heteroatoms. The maximum atomic E-state index is 11.4. The standard InChI is InChI=1S/C14H25NO2/c1-5-11(13(16)17-4)7-9-15-12-6-8-14(2,3)10-12/h7,12,15H,5-6,8-10H2,1-4H3. The molecule has 0 amide bonds. The van der Waals surface area contributed by atoms with E-state index in [1.807, 2.05) is 13.0 Å². The summed E-state index contributed by atoms with van der Waals surface area (Å²) in [4.78, 5) is 11.4. The second-order valence-corrected chi connectivity index (χ2v) is 5.59. The Bertz CT molecular complexity index is 295. The molecule has 0 saturated heterocycles. The van der Waals surface area contributed by atoms with Gasteiger partial charge in [-0.1, -0.05) is 26.8 Å². The second-order valence-electron chi connectivity index (χ2n) is 5.59. The van der Waals surface area contributed by atoms with Crippen molar-refractivity contribution < 1.29 is 9.53 Å². The van der Waals surface area contributed by atoms with Crippen LogP contribution in [0.2, 0.25) is 0 Å². The zero-order valence-electron chi connectivity index (χ0n) is 11.5. The Kier molecular flexibility index (Phi) is 5.19. The van der Waals surface area contributed by atoms with Crippen LogP contribution in [-0.2, 0) is 9.53 Å². The SMILES string of the molecule is CCC(=CCNC1CCC(C)(C)C1)C(=O)OC. The molecule has 0 aliphatic heterocycles. The van der Waals surface area contributed by atoms with Gasteiger partial charge in [0, 0.05) is 18.2 Å². The van der Waals surface area contributed by atoms with Crippen molar-refractivity contribution in [2.75, 3.05) is 13.7 Å². The fraction of sp³-hybridized carbons (Fsp3) is 0.786. The molecule has 98 valence electrons. The quantitative estimate of drug-likeness (QED) is 0.592. The van der Waals surface area contributed by atoms with Crippen LogP contribution in [0.3, 0.4) is 0 Å². The molecule has 1 unspecified atom stereocenters. The van der Waals surface area contributed by atoms with E-state index >= 15 is 0 Å². The predicted octanol–water partition coefficient (Wildman–Crippen LogP) is 2.66. The summed E-state index contributed by atoms with van der Waals surface area (Å²) < 4.78 is 4.72. The van der Waals surface area contributed by atoms with Crippen molar-refractivity contribution in [1.82, 2.24) is 5.32 Å². The van der Waals surface area contributed by atoms with Crippen molar-refractivity contribution in [1.29, 1.82) is 0 Å². The van der Waals surface area contributed by atoms with Crippen molar-refractivity contribution in [2.45, 2.75) is 52.5 Å². The van der Waals surface area contributed by atoms with Crippen LogP contribution in [-0.4, -0.2) is 25.7 Å². The Morgan fingerprint density at radius 1 is 1.53 bits per heavy atom. The summed E-state index contributed by atoms with van der Waals surface area (Å²) in [6, 6.07) is 0.594. The molecule has 1 fully saturated rings. The fourth-order valence-electron chi connectivity index (χ4n) is 2.46. The Balaban J connectivity index is 2.36. The molecular weight excluding hydrogens is 214 g/mol. The van der Waals surface area contributed by atoms with Gasteiger partial charge < -0.3 is 10.1 Å². The number of hydrogen-bond acceptors (Lipinski definition) is 3. The molecule has 0 aromatic rings. The van der Waals surface area contributed by atoms with Crippen LogP contribution in [0.4, 0.5) is 0 Å². The highest BCUT2D eigenvalue weighted by Crippen LogP contribution is 2.36. The summed E-state index contributed by atoms with van der Waals surface area (Å²) in [7, 11) is 1.43. The summed E-state index contributed by atoms with van der Waals surface area (Å²) in [6.07, 6.45) is 6.43. The van der Waals surface area contributed by atoms with E-state index < -0.39 is 0 Å². The highest BCUT2D eigenvalue weighted by molar-refractivity contribution is 5.88. The van der Waals surface area contributed by atoms with Gasteiger partial charge in [-0.05, 0) is 31.1 Å². The molecule has 1 aliphatic rings.